The highest BCUT2D eigenvalue weighted by atomic mass is 35.5. The summed E-state index contributed by atoms with van der Waals surface area (Å²) in [5, 5.41) is 5.05. The molecule has 1 saturated heterocycles. The first-order valence-electron chi connectivity index (χ1n) is 9.07. The molecule has 2 heterocycles. The fourth-order valence-electron chi connectivity index (χ4n) is 3.19. The number of nitrogen functional groups attached to an aromatic ring is 1. The van der Waals surface area contributed by atoms with Crippen LogP contribution in [0.5, 0.6) is 0 Å². The van der Waals surface area contributed by atoms with E-state index in [4.69, 9.17) is 27.3 Å². The quantitative estimate of drug-likeness (QED) is 0.675. The van der Waals surface area contributed by atoms with Gasteiger partial charge in [0.2, 0.25) is 5.95 Å². The molecule has 1 aromatic heterocycles. The fourth-order valence-corrected chi connectivity index (χ4v) is 3.36. The van der Waals surface area contributed by atoms with E-state index in [-0.39, 0.29) is 0 Å². The van der Waals surface area contributed by atoms with Gasteiger partial charge in [0, 0.05) is 48.8 Å². The lowest BCUT2D eigenvalue weighted by Gasteiger charge is -2.32. The van der Waals surface area contributed by atoms with Gasteiger partial charge in [-0.2, -0.15) is 4.98 Å². The minimum Gasteiger partial charge on any atom is -0.399 e. The number of rotatable bonds is 4. The van der Waals surface area contributed by atoms with Crippen LogP contribution in [-0.4, -0.2) is 48.1 Å². The highest BCUT2D eigenvalue weighted by molar-refractivity contribution is 6.31. The van der Waals surface area contributed by atoms with Gasteiger partial charge in [-0.25, -0.2) is 4.98 Å². The molecule has 0 saturated carbocycles. The number of hydrogen-bond acceptors (Lipinski definition) is 6. The Hall–Kier alpha value is -2.57. The van der Waals surface area contributed by atoms with Gasteiger partial charge in [0.15, 0.2) is 0 Å². The summed E-state index contributed by atoms with van der Waals surface area (Å²) >= 11 is 6.22. The summed E-state index contributed by atoms with van der Waals surface area (Å²) in [6, 6.07) is 13.6. The predicted octanol–water partition coefficient (Wildman–Crippen LogP) is 3.23. The van der Waals surface area contributed by atoms with E-state index < -0.39 is 0 Å². The molecule has 7 heteroatoms. The van der Waals surface area contributed by atoms with Crippen LogP contribution in [0.4, 0.5) is 17.5 Å². The summed E-state index contributed by atoms with van der Waals surface area (Å²) in [5.74, 6) is 1.56. The second kappa shape index (κ2) is 7.58. The number of nitrogens with two attached hydrogens (primary N) is 1. The molecule has 0 amide bonds. The average Bonchev–Trinajstić information content (AvgIpc) is 2.68. The Kier molecular flexibility index (Phi) is 5.01. The Morgan fingerprint density at radius 2 is 1.78 bits per heavy atom. The van der Waals surface area contributed by atoms with Gasteiger partial charge < -0.3 is 20.9 Å². The second-order valence-electron chi connectivity index (χ2n) is 6.92. The van der Waals surface area contributed by atoms with Crippen LogP contribution < -0.4 is 16.0 Å². The van der Waals surface area contributed by atoms with Crippen molar-refractivity contribution in [3.63, 3.8) is 0 Å². The maximum Gasteiger partial charge on any atom is 0.227 e. The number of nitrogens with zero attached hydrogens (tertiary/aromatic N) is 4. The molecule has 3 N–H and O–H groups in total. The lowest BCUT2D eigenvalue weighted by Crippen LogP contribution is -2.45. The van der Waals surface area contributed by atoms with Crippen molar-refractivity contribution in [2.45, 2.75) is 6.54 Å². The lowest BCUT2D eigenvalue weighted by atomic mass is 10.2. The Balaban J connectivity index is 1.65. The third-order valence-corrected chi connectivity index (χ3v) is 5.11. The number of halogens is 1. The van der Waals surface area contributed by atoms with Crippen molar-refractivity contribution in [2.75, 3.05) is 49.2 Å². The third kappa shape index (κ3) is 4.07. The van der Waals surface area contributed by atoms with Crippen LogP contribution in [0.3, 0.4) is 0 Å². The SMILES string of the molecule is CN1CCN(c2nc(NCc3ccc(N)cc3)c3cc(Cl)ccc3n2)CC1. The number of hydrogen-bond donors (Lipinski definition) is 2. The predicted molar refractivity (Wildman–Crippen MR) is 112 cm³/mol. The molecule has 1 fully saturated rings. The van der Waals surface area contributed by atoms with Crippen LogP contribution in [0.1, 0.15) is 5.56 Å². The molecular formula is C20H23ClN6. The van der Waals surface area contributed by atoms with E-state index in [2.05, 4.69) is 22.2 Å². The lowest BCUT2D eigenvalue weighted by molar-refractivity contribution is 0.311. The van der Waals surface area contributed by atoms with Crippen LogP contribution in [0.15, 0.2) is 42.5 Å². The molecule has 6 nitrogen and oxygen atoms in total. The molecule has 0 spiro atoms. The Morgan fingerprint density at radius 3 is 2.52 bits per heavy atom. The van der Waals surface area contributed by atoms with Gasteiger partial charge >= 0.3 is 0 Å². The smallest absolute Gasteiger partial charge is 0.227 e. The van der Waals surface area contributed by atoms with E-state index in [0.717, 1.165) is 60.1 Å². The zero-order chi connectivity index (χ0) is 18.8. The van der Waals surface area contributed by atoms with Crippen molar-refractivity contribution in [1.29, 1.82) is 0 Å². The third-order valence-electron chi connectivity index (χ3n) is 4.87. The van der Waals surface area contributed by atoms with Crippen molar-refractivity contribution >= 4 is 40.0 Å². The monoisotopic (exact) mass is 382 g/mol. The number of aromatic nitrogens is 2. The van der Waals surface area contributed by atoms with Crippen molar-refractivity contribution in [2.24, 2.45) is 0 Å². The molecule has 1 aliphatic heterocycles. The second-order valence-corrected chi connectivity index (χ2v) is 7.36. The summed E-state index contributed by atoms with van der Waals surface area (Å²) in [5.41, 5.74) is 8.56. The summed E-state index contributed by atoms with van der Waals surface area (Å²) in [4.78, 5) is 14.2. The van der Waals surface area contributed by atoms with Crippen LogP contribution in [0, 0.1) is 0 Å². The summed E-state index contributed by atoms with van der Waals surface area (Å²) in [7, 11) is 2.14. The van der Waals surface area contributed by atoms with E-state index in [1.165, 1.54) is 0 Å². The van der Waals surface area contributed by atoms with Gasteiger partial charge in [0.25, 0.3) is 0 Å². The number of fused-ring (bicyclic) bond motifs is 1. The molecule has 1 aliphatic rings. The number of piperazine rings is 1. The molecule has 0 aliphatic carbocycles. The Morgan fingerprint density at radius 1 is 1.04 bits per heavy atom. The molecule has 0 radical (unpaired) electrons. The summed E-state index contributed by atoms with van der Waals surface area (Å²) in [6.07, 6.45) is 0. The highest BCUT2D eigenvalue weighted by Crippen LogP contribution is 2.27. The van der Waals surface area contributed by atoms with Crippen LogP contribution in [-0.2, 0) is 6.54 Å². The van der Waals surface area contributed by atoms with Crippen LogP contribution in [0.2, 0.25) is 5.02 Å². The first kappa shape index (κ1) is 17.8. The Labute approximate surface area is 164 Å². The van der Waals surface area contributed by atoms with Gasteiger partial charge in [-0.15, -0.1) is 0 Å². The van der Waals surface area contributed by atoms with Gasteiger partial charge in [-0.05, 0) is 42.9 Å². The van der Waals surface area contributed by atoms with Gasteiger partial charge in [-0.3, -0.25) is 0 Å². The zero-order valence-corrected chi connectivity index (χ0v) is 16.1. The van der Waals surface area contributed by atoms with Crippen molar-refractivity contribution < 1.29 is 0 Å². The average molecular weight is 383 g/mol. The molecule has 140 valence electrons. The van der Waals surface area contributed by atoms with Gasteiger partial charge in [0.05, 0.1) is 5.52 Å². The van der Waals surface area contributed by atoms with Crippen molar-refractivity contribution in [3.8, 4) is 0 Å². The number of likely N-dealkylation sites (N-methyl/N-ethyl adjacent to an activating group) is 1. The topological polar surface area (TPSA) is 70.3 Å². The van der Waals surface area contributed by atoms with Crippen molar-refractivity contribution in [3.05, 3.63) is 53.1 Å². The maximum absolute atomic E-state index is 6.22. The molecule has 4 rings (SSSR count). The van der Waals surface area contributed by atoms with E-state index in [1.54, 1.807) is 0 Å². The van der Waals surface area contributed by atoms with Crippen LogP contribution in [0.25, 0.3) is 10.9 Å². The van der Waals surface area contributed by atoms with Crippen molar-refractivity contribution in [1.82, 2.24) is 14.9 Å². The minimum absolute atomic E-state index is 0.654. The van der Waals surface area contributed by atoms with E-state index >= 15 is 0 Å². The number of benzene rings is 2. The van der Waals surface area contributed by atoms with E-state index in [1.807, 2.05) is 42.5 Å². The molecule has 27 heavy (non-hydrogen) atoms. The molecule has 3 aromatic rings. The number of nitrogens with one attached hydrogen (secondary N) is 1. The highest BCUT2D eigenvalue weighted by Gasteiger charge is 2.18. The summed E-state index contributed by atoms with van der Waals surface area (Å²) in [6.45, 7) is 4.52. The van der Waals surface area contributed by atoms with Gasteiger partial charge in [-0.1, -0.05) is 23.7 Å². The van der Waals surface area contributed by atoms with Gasteiger partial charge in [0.1, 0.15) is 5.82 Å². The largest absolute Gasteiger partial charge is 0.399 e. The van der Waals surface area contributed by atoms with E-state index in [0.29, 0.717) is 11.6 Å². The molecule has 2 aromatic carbocycles. The maximum atomic E-state index is 6.22. The minimum atomic E-state index is 0.654. The standard InChI is InChI=1S/C20H23ClN6/c1-26-8-10-27(11-9-26)20-24-18-7-4-15(21)12-17(18)19(25-20)23-13-14-2-5-16(22)6-3-14/h2-7,12H,8-11,13,22H2,1H3,(H,23,24,25). The number of anilines is 3. The van der Waals surface area contributed by atoms with Crippen LogP contribution >= 0.6 is 11.6 Å². The van der Waals surface area contributed by atoms with E-state index in [9.17, 15) is 0 Å². The fraction of sp³-hybridized carbons (Fsp3) is 0.300. The first-order valence-corrected chi connectivity index (χ1v) is 9.45. The normalized spacial score (nSPS) is 15.3. The zero-order valence-electron chi connectivity index (χ0n) is 15.3. The molecule has 0 unspecified atom stereocenters. The molecular weight excluding hydrogens is 360 g/mol. The Bertz CT molecular complexity index is 935. The summed E-state index contributed by atoms with van der Waals surface area (Å²) < 4.78 is 0. The molecule has 0 atom stereocenters. The molecule has 0 bridgehead atoms. The first-order chi connectivity index (χ1) is 13.1.